The highest BCUT2D eigenvalue weighted by atomic mass is 35.5. The van der Waals surface area contributed by atoms with Crippen molar-refractivity contribution in [1.82, 2.24) is 5.32 Å². The van der Waals surface area contributed by atoms with Crippen molar-refractivity contribution in [1.29, 1.82) is 0 Å². The molecule has 0 saturated heterocycles. The van der Waals surface area contributed by atoms with Crippen LogP contribution in [0.15, 0.2) is 71.3 Å². The maximum Gasteiger partial charge on any atom is 0.288 e. The number of ketones is 1. The van der Waals surface area contributed by atoms with Crippen LogP contribution in [0.2, 0.25) is 5.02 Å². The molecule has 0 bridgehead atoms. The number of carbonyl (C=O) groups is 2. The average molecular weight is 385 g/mol. The standard InChI is InChI=1S/C20H17ClN2O4/c1-26-16-10-8-15(9-11-16)22-19(23-20(25)17-3-2-12-27-17)18(24)13-4-6-14(21)7-5-13/h2-12,19,22H,1H3,(H,23,25)/t19-/m0/s1. The molecule has 27 heavy (non-hydrogen) atoms. The number of carbonyl (C=O) groups excluding carboxylic acids is 2. The largest absolute Gasteiger partial charge is 0.497 e. The summed E-state index contributed by atoms with van der Waals surface area (Å²) in [5.74, 6) is -0.0306. The molecule has 0 saturated carbocycles. The van der Waals surface area contributed by atoms with Gasteiger partial charge in [0.2, 0.25) is 5.78 Å². The lowest BCUT2D eigenvalue weighted by molar-refractivity contribution is 0.0853. The summed E-state index contributed by atoms with van der Waals surface area (Å²) >= 11 is 5.89. The smallest absolute Gasteiger partial charge is 0.288 e. The Morgan fingerprint density at radius 1 is 1.04 bits per heavy atom. The van der Waals surface area contributed by atoms with E-state index in [0.717, 1.165) is 0 Å². The average Bonchev–Trinajstić information content (AvgIpc) is 3.23. The number of rotatable bonds is 7. The molecule has 1 amide bonds. The molecule has 0 unspecified atom stereocenters. The highest BCUT2D eigenvalue weighted by molar-refractivity contribution is 6.30. The first-order chi connectivity index (χ1) is 13.1. The Morgan fingerprint density at radius 3 is 2.33 bits per heavy atom. The molecule has 3 aromatic rings. The minimum atomic E-state index is -1.00. The zero-order chi connectivity index (χ0) is 19.2. The highest BCUT2D eigenvalue weighted by Crippen LogP contribution is 2.17. The number of nitrogens with one attached hydrogen (secondary N) is 2. The predicted molar refractivity (Wildman–Crippen MR) is 102 cm³/mol. The first kappa shape index (κ1) is 18.5. The molecule has 6 nitrogen and oxygen atoms in total. The number of furan rings is 1. The lowest BCUT2D eigenvalue weighted by Crippen LogP contribution is -2.46. The first-order valence-electron chi connectivity index (χ1n) is 8.11. The van der Waals surface area contributed by atoms with Gasteiger partial charge in [0, 0.05) is 16.3 Å². The maximum atomic E-state index is 12.9. The van der Waals surface area contributed by atoms with Crippen LogP contribution >= 0.6 is 11.6 Å². The van der Waals surface area contributed by atoms with Crippen molar-refractivity contribution in [3.8, 4) is 5.75 Å². The third kappa shape index (κ3) is 4.68. The number of hydrogen-bond acceptors (Lipinski definition) is 5. The number of amides is 1. The van der Waals surface area contributed by atoms with E-state index in [2.05, 4.69) is 10.6 Å². The summed E-state index contributed by atoms with van der Waals surface area (Å²) in [4.78, 5) is 25.3. The van der Waals surface area contributed by atoms with Gasteiger partial charge in [-0.15, -0.1) is 0 Å². The summed E-state index contributed by atoms with van der Waals surface area (Å²) < 4.78 is 10.2. The molecule has 0 aliphatic carbocycles. The fourth-order valence-corrected chi connectivity index (χ4v) is 2.54. The summed E-state index contributed by atoms with van der Waals surface area (Å²) in [6.45, 7) is 0. The number of ether oxygens (including phenoxy) is 1. The Balaban J connectivity index is 1.83. The van der Waals surface area contributed by atoms with E-state index in [-0.39, 0.29) is 11.5 Å². The second-order valence-corrected chi connectivity index (χ2v) is 6.06. The van der Waals surface area contributed by atoms with Gasteiger partial charge in [-0.1, -0.05) is 11.6 Å². The lowest BCUT2D eigenvalue weighted by atomic mass is 10.1. The molecule has 1 heterocycles. The Kier molecular flexibility index (Phi) is 5.78. The van der Waals surface area contributed by atoms with Gasteiger partial charge in [0.25, 0.3) is 5.91 Å². The van der Waals surface area contributed by atoms with Crippen molar-refractivity contribution in [2.75, 3.05) is 12.4 Å². The molecule has 7 heteroatoms. The monoisotopic (exact) mass is 384 g/mol. The van der Waals surface area contributed by atoms with E-state index in [1.807, 2.05) is 0 Å². The van der Waals surface area contributed by atoms with Gasteiger partial charge >= 0.3 is 0 Å². The summed E-state index contributed by atoms with van der Waals surface area (Å²) in [6, 6.07) is 16.6. The second kappa shape index (κ2) is 8.42. The molecule has 138 valence electrons. The molecule has 0 aliphatic heterocycles. The van der Waals surface area contributed by atoms with Gasteiger partial charge in [0.05, 0.1) is 13.4 Å². The predicted octanol–water partition coefficient (Wildman–Crippen LogP) is 3.99. The third-order valence-electron chi connectivity index (χ3n) is 3.81. The van der Waals surface area contributed by atoms with E-state index in [1.54, 1.807) is 61.7 Å². The van der Waals surface area contributed by atoms with Gasteiger partial charge in [0.1, 0.15) is 5.75 Å². The summed E-state index contributed by atoms with van der Waals surface area (Å²) in [5.41, 5.74) is 1.05. The topological polar surface area (TPSA) is 80.6 Å². The first-order valence-corrected chi connectivity index (χ1v) is 8.49. The molecule has 1 atom stereocenters. The minimum Gasteiger partial charge on any atom is -0.497 e. The van der Waals surface area contributed by atoms with Gasteiger partial charge in [0.15, 0.2) is 11.9 Å². The van der Waals surface area contributed by atoms with Gasteiger partial charge < -0.3 is 19.8 Å². The van der Waals surface area contributed by atoms with Crippen LogP contribution in [0.3, 0.4) is 0 Å². The Labute approximate surface area is 161 Å². The molecule has 2 aromatic carbocycles. The quantitative estimate of drug-likeness (QED) is 0.475. The van der Waals surface area contributed by atoms with Crippen LogP contribution in [0.25, 0.3) is 0 Å². The SMILES string of the molecule is COc1ccc(N[C@@H](NC(=O)c2ccco2)C(=O)c2ccc(Cl)cc2)cc1. The van der Waals surface area contributed by atoms with E-state index < -0.39 is 12.1 Å². The minimum absolute atomic E-state index is 0.112. The summed E-state index contributed by atoms with van der Waals surface area (Å²) in [6.07, 6.45) is 0.388. The third-order valence-corrected chi connectivity index (χ3v) is 4.06. The molecule has 0 aliphatic rings. The summed E-state index contributed by atoms with van der Waals surface area (Å²) in [5, 5.41) is 6.20. The van der Waals surface area contributed by atoms with Gasteiger partial charge in [-0.3, -0.25) is 9.59 Å². The van der Waals surface area contributed by atoms with Crippen molar-refractivity contribution < 1.29 is 18.7 Å². The lowest BCUT2D eigenvalue weighted by Gasteiger charge is -2.20. The van der Waals surface area contributed by atoms with E-state index in [9.17, 15) is 9.59 Å². The van der Waals surface area contributed by atoms with Crippen molar-refractivity contribution >= 4 is 29.0 Å². The number of Topliss-reactive ketones (excluding diaryl/α,β-unsaturated/α-hetero) is 1. The van der Waals surface area contributed by atoms with Gasteiger partial charge in [-0.2, -0.15) is 0 Å². The van der Waals surface area contributed by atoms with E-state index >= 15 is 0 Å². The Hall–Kier alpha value is -3.25. The van der Waals surface area contributed by atoms with Crippen LogP contribution < -0.4 is 15.4 Å². The number of halogens is 1. The van der Waals surface area contributed by atoms with E-state index in [0.29, 0.717) is 22.0 Å². The van der Waals surface area contributed by atoms with E-state index in [4.69, 9.17) is 20.8 Å². The summed E-state index contributed by atoms with van der Waals surface area (Å²) in [7, 11) is 1.57. The van der Waals surface area contributed by atoms with Crippen LogP contribution in [0.5, 0.6) is 5.75 Å². The van der Waals surface area contributed by atoms with E-state index in [1.165, 1.54) is 12.3 Å². The van der Waals surface area contributed by atoms with Crippen LogP contribution in [-0.4, -0.2) is 25.0 Å². The van der Waals surface area contributed by atoms with Crippen molar-refractivity contribution in [2.24, 2.45) is 0 Å². The Bertz CT molecular complexity index is 906. The van der Waals surface area contributed by atoms with Crippen LogP contribution in [0, 0.1) is 0 Å². The van der Waals surface area contributed by atoms with Crippen LogP contribution in [0.4, 0.5) is 5.69 Å². The zero-order valence-corrected chi connectivity index (χ0v) is 15.2. The van der Waals surface area contributed by atoms with Crippen molar-refractivity contribution in [2.45, 2.75) is 6.17 Å². The zero-order valence-electron chi connectivity index (χ0n) is 14.4. The maximum absolute atomic E-state index is 12.9. The molecule has 2 N–H and O–H groups in total. The van der Waals surface area contributed by atoms with Gasteiger partial charge in [-0.25, -0.2) is 0 Å². The number of methoxy groups -OCH3 is 1. The molecule has 1 aromatic heterocycles. The van der Waals surface area contributed by atoms with Gasteiger partial charge in [-0.05, 0) is 60.7 Å². The molecule has 0 radical (unpaired) electrons. The molecule has 3 rings (SSSR count). The molecule has 0 spiro atoms. The fourth-order valence-electron chi connectivity index (χ4n) is 2.41. The van der Waals surface area contributed by atoms with Crippen molar-refractivity contribution in [3.63, 3.8) is 0 Å². The Morgan fingerprint density at radius 2 is 1.74 bits per heavy atom. The van der Waals surface area contributed by atoms with Crippen molar-refractivity contribution in [3.05, 3.63) is 83.3 Å². The molecular formula is C20H17ClN2O4. The molecular weight excluding hydrogens is 368 g/mol. The number of benzene rings is 2. The highest BCUT2D eigenvalue weighted by Gasteiger charge is 2.23. The second-order valence-electron chi connectivity index (χ2n) is 5.63. The fraction of sp³-hybridized carbons (Fsp3) is 0.100. The molecule has 0 fully saturated rings. The van der Waals surface area contributed by atoms with Crippen LogP contribution in [0.1, 0.15) is 20.9 Å². The van der Waals surface area contributed by atoms with Crippen LogP contribution in [-0.2, 0) is 0 Å². The number of anilines is 1. The normalized spacial score (nSPS) is 11.5. The number of hydrogen-bond donors (Lipinski definition) is 2.